The zero-order chi connectivity index (χ0) is 13.1. The van der Waals surface area contributed by atoms with Crippen LogP contribution in [0.3, 0.4) is 0 Å². The third-order valence-electron chi connectivity index (χ3n) is 2.34. The Morgan fingerprint density at radius 2 is 2.22 bits per heavy atom. The van der Waals surface area contributed by atoms with Crippen LogP contribution >= 0.6 is 34.2 Å². The van der Waals surface area contributed by atoms with Crippen LogP contribution in [0.1, 0.15) is 19.7 Å². The molecule has 7 heteroatoms. The van der Waals surface area contributed by atoms with Gasteiger partial charge in [0.05, 0.1) is 12.2 Å². The van der Waals surface area contributed by atoms with Crippen molar-refractivity contribution in [1.82, 2.24) is 25.5 Å². The predicted octanol–water partition coefficient (Wildman–Crippen LogP) is 2.42. The molecule has 1 aromatic heterocycles. The maximum Gasteiger partial charge on any atom is 0.170 e. The molecule has 18 heavy (non-hydrogen) atoms. The fourth-order valence-corrected chi connectivity index (χ4v) is 2.55. The molecule has 2 aromatic rings. The molecule has 0 fully saturated rings. The van der Waals surface area contributed by atoms with Gasteiger partial charge in [-0.05, 0) is 51.2 Å². The molecule has 0 radical (unpaired) electrons. The van der Waals surface area contributed by atoms with E-state index in [9.17, 15) is 0 Å². The maximum atomic E-state index is 5.94. The van der Waals surface area contributed by atoms with E-state index >= 15 is 0 Å². The van der Waals surface area contributed by atoms with Gasteiger partial charge in [0.25, 0.3) is 0 Å². The normalized spacial score (nSPS) is 11.2. The lowest BCUT2D eigenvalue weighted by Gasteiger charge is -2.09. The first kappa shape index (κ1) is 13.7. The second-order valence-corrected chi connectivity index (χ2v) is 5.74. The molecule has 0 atom stereocenters. The lowest BCUT2D eigenvalue weighted by Crippen LogP contribution is -2.24. The predicted molar refractivity (Wildman–Crippen MR) is 78.9 cm³/mol. The van der Waals surface area contributed by atoms with Gasteiger partial charge in [-0.2, -0.15) is 4.68 Å². The molecule has 0 saturated carbocycles. The zero-order valence-corrected chi connectivity index (χ0v) is 13.0. The molecule has 1 heterocycles. The fourth-order valence-electron chi connectivity index (χ4n) is 1.45. The zero-order valence-electron chi connectivity index (χ0n) is 10.1. The summed E-state index contributed by atoms with van der Waals surface area (Å²) in [6.07, 6.45) is 0. The summed E-state index contributed by atoms with van der Waals surface area (Å²) in [5, 5.41) is 15.8. The first-order chi connectivity index (χ1) is 8.58. The van der Waals surface area contributed by atoms with Gasteiger partial charge in [-0.15, -0.1) is 5.10 Å². The van der Waals surface area contributed by atoms with E-state index in [-0.39, 0.29) is 0 Å². The number of tetrazole rings is 1. The molecule has 1 N–H and O–H groups in total. The van der Waals surface area contributed by atoms with Crippen molar-refractivity contribution in [3.8, 4) is 5.69 Å². The number of benzene rings is 1. The molecule has 0 amide bonds. The monoisotopic (exact) mass is 377 g/mol. The molecule has 0 aliphatic carbocycles. The van der Waals surface area contributed by atoms with Crippen LogP contribution in [0, 0.1) is 3.57 Å². The summed E-state index contributed by atoms with van der Waals surface area (Å²) in [5.74, 6) is 0.781. The lowest BCUT2D eigenvalue weighted by atomic mass is 10.3. The van der Waals surface area contributed by atoms with E-state index in [1.165, 1.54) is 0 Å². The van der Waals surface area contributed by atoms with Crippen LogP contribution < -0.4 is 5.32 Å². The Balaban J connectivity index is 2.30. The average molecular weight is 378 g/mol. The van der Waals surface area contributed by atoms with Crippen molar-refractivity contribution >= 4 is 34.2 Å². The molecule has 0 bridgehead atoms. The van der Waals surface area contributed by atoms with Crippen molar-refractivity contribution in [3.63, 3.8) is 0 Å². The number of rotatable bonds is 4. The fraction of sp³-hybridized carbons (Fsp3) is 0.364. The summed E-state index contributed by atoms with van der Waals surface area (Å²) in [6.45, 7) is 4.80. The van der Waals surface area contributed by atoms with Gasteiger partial charge in [-0.25, -0.2) is 0 Å². The number of hydrogen-bond donors (Lipinski definition) is 1. The summed E-state index contributed by atoms with van der Waals surface area (Å²) in [6, 6.07) is 6.03. The first-order valence-electron chi connectivity index (χ1n) is 5.54. The Morgan fingerprint density at radius 3 is 2.89 bits per heavy atom. The number of aromatic nitrogens is 4. The van der Waals surface area contributed by atoms with Crippen molar-refractivity contribution in [2.75, 3.05) is 0 Å². The molecular formula is C11H13ClIN5. The highest BCUT2D eigenvalue weighted by atomic mass is 127. The number of hydrogen-bond acceptors (Lipinski definition) is 4. The third kappa shape index (κ3) is 3.18. The minimum absolute atomic E-state index is 0.388. The largest absolute Gasteiger partial charge is 0.308 e. The first-order valence-corrected chi connectivity index (χ1v) is 6.99. The molecule has 0 unspecified atom stereocenters. The Morgan fingerprint density at radius 1 is 1.44 bits per heavy atom. The van der Waals surface area contributed by atoms with Gasteiger partial charge in [-0.1, -0.05) is 25.4 Å². The SMILES string of the molecule is CC(C)NCc1nnnn1-c1ccc(Cl)cc1I. The van der Waals surface area contributed by atoms with E-state index in [2.05, 4.69) is 57.3 Å². The van der Waals surface area contributed by atoms with E-state index < -0.39 is 0 Å². The summed E-state index contributed by atoms with van der Waals surface area (Å²) in [4.78, 5) is 0. The molecule has 2 rings (SSSR count). The summed E-state index contributed by atoms with van der Waals surface area (Å²) in [5.41, 5.74) is 0.936. The molecular weight excluding hydrogens is 365 g/mol. The Kier molecular flexibility index (Phi) is 4.52. The van der Waals surface area contributed by atoms with Gasteiger partial charge in [0, 0.05) is 14.6 Å². The molecule has 1 aromatic carbocycles. The Labute approximate surface area is 124 Å². The van der Waals surface area contributed by atoms with Crippen molar-refractivity contribution in [3.05, 3.63) is 32.6 Å². The highest BCUT2D eigenvalue weighted by Crippen LogP contribution is 2.21. The van der Waals surface area contributed by atoms with Gasteiger partial charge in [0.15, 0.2) is 5.82 Å². The quantitative estimate of drug-likeness (QED) is 0.832. The number of halogens is 2. The molecule has 0 aliphatic heterocycles. The standard InChI is InChI=1S/C11H13ClIN5/c1-7(2)14-6-11-15-16-17-18(11)10-4-3-8(12)5-9(10)13/h3-5,7,14H,6H2,1-2H3. The van der Waals surface area contributed by atoms with Crippen LogP contribution in [0.25, 0.3) is 5.69 Å². The van der Waals surface area contributed by atoms with E-state index in [1.807, 2.05) is 18.2 Å². The van der Waals surface area contributed by atoms with Crippen LogP contribution in [-0.2, 0) is 6.54 Å². The van der Waals surface area contributed by atoms with Crippen LogP contribution in [-0.4, -0.2) is 26.2 Å². The molecule has 0 aliphatic rings. The second kappa shape index (κ2) is 5.94. The van der Waals surface area contributed by atoms with Crippen LogP contribution in [0.4, 0.5) is 0 Å². The van der Waals surface area contributed by atoms with Crippen LogP contribution in [0.5, 0.6) is 0 Å². The highest BCUT2D eigenvalue weighted by molar-refractivity contribution is 14.1. The topological polar surface area (TPSA) is 55.6 Å². The van der Waals surface area contributed by atoms with E-state index in [1.54, 1.807) is 4.68 Å². The molecule has 96 valence electrons. The van der Waals surface area contributed by atoms with Gasteiger partial charge in [0.1, 0.15) is 0 Å². The molecule has 0 saturated heterocycles. The average Bonchev–Trinajstić information content (AvgIpc) is 2.74. The van der Waals surface area contributed by atoms with Gasteiger partial charge >= 0.3 is 0 Å². The van der Waals surface area contributed by atoms with Crippen molar-refractivity contribution in [2.45, 2.75) is 26.4 Å². The minimum atomic E-state index is 0.388. The van der Waals surface area contributed by atoms with E-state index in [0.717, 1.165) is 15.1 Å². The van der Waals surface area contributed by atoms with Crippen LogP contribution in [0.15, 0.2) is 18.2 Å². The van der Waals surface area contributed by atoms with Crippen molar-refractivity contribution in [2.24, 2.45) is 0 Å². The summed E-state index contributed by atoms with van der Waals surface area (Å²) >= 11 is 8.17. The van der Waals surface area contributed by atoms with Crippen LogP contribution in [0.2, 0.25) is 5.02 Å². The molecule has 0 spiro atoms. The lowest BCUT2D eigenvalue weighted by molar-refractivity contribution is 0.563. The van der Waals surface area contributed by atoms with Crippen molar-refractivity contribution in [1.29, 1.82) is 0 Å². The van der Waals surface area contributed by atoms with Crippen molar-refractivity contribution < 1.29 is 0 Å². The van der Waals surface area contributed by atoms with E-state index in [0.29, 0.717) is 17.6 Å². The van der Waals surface area contributed by atoms with Gasteiger partial charge in [0.2, 0.25) is 0 Å². The Bertz CT molecular complexity index is 540. The maximum absolute atomic E-state index is 5.94. The smallest absolute Gasteiger partial charge is 0.170 e. The molecule has 5 nitrogen and oxygen atoms in total. The summed E-state index contributed by atoms with van der Waals surface area (Å²) in [7, 11) is 0. The Hall–Kier alpha value is -0.730. The van der Waals surface area contributed by atoms with Gasteiger partial charge in [-0.3, -0.25) is 0 Å². The third-order valence-corrected chi connectivity index (χ3v) is 3.44. The minimum Gasteiger partial charge on any atom is -0.308 e. The number of nitrogens with one attached hydrogen (secondary N) is 1. The summed E-state index contributed by atoms with van der Waals surface area (Å²) < 4.78 is 2.74. The number of nitrogens with zero attached hydrogens (tertiary/aromatic N) is 4. The van der Waals surface area contributed by atoms with Gasteiger partial charge < -0.3 is 5.32 Å². The second-order valence-electron chi connectivity index (χ2n) is 4.14. The highest BCUT2D eigenvalue weighted by Gasteiger charge is 2.11. The van der Waals surface area contributed by atoms with E-state index in [4.69, 9.17) is 11.6 Å².